The highest BCUT2D eigenvalue weighted by molar-refractivity contribution is 5.95. The number of hydrogen-bond acceptors (Lipinski definition) is 5. The highest BCUT2D eigenvalue weighted by Crippen LogP contribution is 2.24. The van der Waals surface area contributed by atoms with Gasteiger partial charge in [0.15, 0.2) is 0 Å². The van der Waals surface area contributed by atoms with E-state index >= 15 is 0 Å². The Morgan fingerprint density at radius 1 is 1.06 bits per heavy atom. The van der Waals surface area contributed by atoms with Gasteiger partial charge in [0.25, 0.3) is 5.91 Å². The molecular weight excluding hydrogens is 390 g/mol. The Morgan fingerprint density at radius 3 is 2.58 bits per heavy atom. The third kappa shape index (κ3) is 5.40. The number of nitrogens with zero attached hydrogens (tertiary/aromatic N) is 4. The van der Waals surface area contributed by atoms with Gasteiger partial charge in [0.2, 0.25) is 5.91 Å². The van der Waals surface area contributed by atoms with Gasteiger partial charge < -0.3 is 15.1 Å². The van der Waals surface area contributed by atoms with E-state index in [1.165, 1.54) is 12.8 Å². The van der Waals surface area contributed by atoms with Crippen molar-refractivity contribution in [1.82, 2.24) is 20.2 Å². The van der Waals surface area contributed by atoms with Gasteiger partial charge in [-0.15, -0.1) is 0 Å². The molecule has 1 N–H and O–H groups in total. The number of anilines is 1. The van der Waals surface area contributed by atoms with E-state index in [-0.39, 0.29) is 11.8 Å². The second-order valence-electron chi connectivity index (χ2n) is 8.58. The number of likely N-dealkylation sites (tertiary alicyclic amines) is 1. The molecule has 31 heavy (non-hydrogen) atoms. The van der Waals surface area contributed by atoms with Crippen LogP contribution in [0, 0.1) is 12.8 Å². The van der Waals surface area contributed by atoms with Crippen molar-refractivity contribution in [2.75, 3.05) is 31.1 Å². The highest BCUT2D eigenvalue weighted by Gasteiger charge is 2.26. The Bertz CT molecular complexity index is 918. The van der Waals surface area contributed by atoms with E-state index in [9.17, 15) is 9.59 Å². The normalized spacial score (nSPS) is 17.1. The second kappa shape index (κ2) is 9.90. The first kappa shape index (κ1) is 21.3. The average molecular weight is 422 g/mol. The van der Waals surface area contributed by atoms with Crippen LogP contribution in [0.1, 0.15) is 53.7 Å². The van der Waals surface area contributed by atoms with Crippen molar-refractivity contribution in [3.63, 3.8) is 0 Å². The standard InChI is InChI=1S/C24H31N5O2/c1-18-5-4-9-25-21(18)17-27-23(30)15-19-7-13-29(14-8-19)24(31)20-6-10-26-22(16-20)28-11-2-3-12-28/h4-6,9-10,16,19H,2-3,7-8,11-15,17H2,1H3,(H,27,30). The molecule has 4 rings (SSSR count). The summed E-state index contributed by atoms with van der Waals surface area (Å²) in [5, 5.41) is 2.99. The molecule has 0 atom stereocenters. The van der Waals surface area contributed by atoms with Gasteiger partial charge in [-0.05, 0) is 62.3 Å². The molecule has 2 amide bonds. The van der Waals surface area contributed by atoms with Gasteiger partial charge in [-0.2, -0.15) is 0 Å². The zero-order valence-corrected chi connectivity index (χ0v) is 18.2. The molecule has 0 bridgehead atoms. The molecule has 7 nitrogen and oxygen atoms in total. The van der Waals surface area contributed by atoms with Crippen LogP contribution in [0.15, 0.2) is 36.7 Å². The van der Waals surface area contributed by atoms with E-state index in [1.807, 2.05) is 30.0 Å². The number of aromatic nitrogens is 2. The highest BCUT2D eigenvalue weighted by atomic mass is 16.2. The molecule has 0 aromatic carbocycles. The van der Waals surface area contributed by atoms with Crippen LogP contribution < -0.4 is 10.2 Å². The molecule has 2 aliphatic rings. The molecule has 2 saturated heterocycles. The molecule has 164 valence electrons. The molecule has 2 aliphatic heterocycles. The summed E-state index contributed by atoms with van der Waals surface area (Å²) in [6, 6.07) is 7.63. The number of hydrogen-bond donors (Lipinski definition) is 1. The predicted octanol–water partition coefficient (Wildman–Crippen LogP) is 2.94. The topological polar surface area (TPSA) is 78.4 Å². The van der Waals surface area contributed by atoms with Crippen LogP contribution in [0.4, 0.5) is 5.82 Å². The Labute approximate surface area is 183 Å². The number of piperidine rings is 1. The SMILES string of the molecule is Cc1cccnc1CNC(=O)CC1CCN(C(=O)c2ccnc(N3CCCC3)c2)CC1. The quantitative estimate of drug-likeness (QED) is 0.776. The van der Waals surface area contributed by atoms with Gasteiger partial charge in [-0.25, -0.2) is 4.98 Å². The van der Waals surface area contributed by atoms with Crippen molar-refractivity contribution >= 4 is 17.6 Å². The van der Waals surface area contributed by atoms with Crippen molar-refractivity contribution in [1.29, 1.82) is 0 Å². The Morgan fingerprint density at radius 2 is 1.84 bits per heavy atom. The zero-order chi connectivity index (χ0) is 21.6. The Hall–Kier alpha value is -2.96. The number of amides is 2. The van der Waals surface area contributed by atoms with Crippen molar-refractivity contribution in [2.45, 2.75) is 45.6 Å². The molecule has 2 aromatic rings. The van der Waals surface area contributed by atoms with Crippen LogP contribution in [0.25, 0.3) is 0 Å². The van der Waals surface area contributed by atoms with Crippen molar-refractivity contribution in [2.24, 2.45) is 5.92 Å². The molecule has 7 heteroatoms. The Balaban J connectivity index is 1.25. The summed E-state index contributed by atoms with van der Waals surface area (Å²) in [5.74, 6) is 1.33. The summed E-state index contributed by atoms with van der Waals surface area (Å²) in [4.78, 5) is 38.3. The van der Waals surface area contributed by atoms with Gasteiger partial charge in [0, 0.05) is 50.6 Å². The van der Waals surface area contributed by atoms with E-state index in [2.05, 4.69) is 20.2 Å². The summed E-state index contributed by atoms with van der Waals surface area (Å²) in [6.07, 6.45) is 8.06. The molecule has 2 fully saturated rings. The van der Waals surface area contributed by atoms with Crippen molar-refractivity contribution in [3.8, 4) is 0 Å². The third-order valence-corrected chi connectivity index (χ3v) is 6.37. The first-order valence-corrected chi connectivity index (χ1v) is 11.3. The van der Waals surface area contributed by atoms with Crippen LogP contribution in [0.3, 0.4) is 0 Å². The fourth-order valence-corrected chi connectivity index (χ4v) is 4.41. The van der Waals surface area contributed by atoms with Crippen LogP contribution in [0.5, 0.6) is 0 Å². The summed E-state index contributed by atoms with van der Waals surface area (Å²) in [7, 11) is 0. The Kier molecular flexibility index (Phi) is 6.79. The van der Waals surface area contributed by atoms with Crippen molar-refractivity contribution in [3.05, 3.63) is 53.5 Å². The second-order valence-corrected chi connectivity index (χ2v) is 8.58. The molecule has 2 aromatic heterocycles. The minimum atomic E-state index is 0.0548. The maximum Gasteiger partial charge on any atom is 0.254 e. The molecule has 0 spiro atoms. The first-order chi connectivity index (χ1) is 15.1. The van der Waals surface area contributed by atoms with Crippen LogP contribution >= 0.6 is 0 Å². The van der Waals surface area contributed by atoms with Crippen LogP contribution in [-0.4, -0.2) is 52.9 Å². The lowest BCUT2D eigenvalue weighted by molar-refractivity contribution is -0.122. The number of carbonyl (C=O) groups is 2. The largest absolute Gasteiger partial charge is 0.357 e. The summed E-state index contributed by atoms with van der Waals surface area (Å²) < 4.78 is 0. The van der Waals surface area contributed by atoms with Crippen molar-refractivity contribution < 1.29 is 9.59 Å². The van der Waals surface area contributed by atoms with Crippen LogP contribution in [-0.2, 0) is 11.3 Å². The van der Waals surface area contributed by atoms with Gasteiger partial charge >= 0.3 is 0 Å². The zero-order valence-electron chi connectivity index (χ0n) is 18.2. The van der Waals surface area contributed by atoms with E-state index in [4.69, 9.17) is 0 Å². The van der Waals surface area contributed by atoms with Gasteiger partial charge in [0.1, 0.15) is 5.82 Å². The molecule has 0 saturated carbocycles. The molecule has 0 unspecified atom stereocenters. The molecule has 4 heterocycles. The molecular formula is C24H31N5O2. The van der Waals surface area contributed by atoms with Gasteiger partial charge in [-0.3, -0.25) is 14.6 Å². The monoisotopic (exact) mass is 421 g/mol. The van der Waals surface area contributed by atoms with Gasteiger partial charge in [-0.1, -0.05) is 6.07 Å². The number of aryl methyl sites for hydroxylation is 1. The minimum absolute atomic E-state index is 0.0548. The summed E-state index contributed by atoms with van der Waals surface area (Å²) in [5.41, 5.74) is 2.69. The lowest BCUT2D eigenvalue weighted by Gasteiger charge is -2.32. The maximum atomic E-state index is 13.0. The predicted molar refractivity (Wildman–Crippen MR) is 120 cm³/mol. The number of nitrogens with one attached hydrogen (secondary N) is 1. The smallest absolute Gasteiger partial charge is 0.254 e. The molecule has 0 radical (unpaired) electrons. The third-order valence-electron chi connectivity index (χ3n) is 6.37. The number of pyridine rings is 2. The number of rotatable bonds is 6. The lowest BCUT2D eigenvalue weighted by Crippen LogP contribution is -2.39. The first-order valence-electron chi connectivity index (χ1n) is 11.3. The number of carbonyl (C=O) groups excluding carboxylic acids is 2. The average Bonchev–Trinajstić information content (AvgIpc) is 3.34. The summed E-state index contributed by atoms with van der Waals surface area (Å²) in [6.45, 7) is 5.87. The summed E-state index contributed by atoms with van der Waals surface area (Å²) >= 11 is 0. The van der Waals surface area contributed by atoms with Gasteiger partial charge in [0.05, 0.1) is 12.2 Å². The maximum absolute atomic E-state index is 13.0. The fourth-order valence-electron chi connectivity index (χ4n) is 4.41. The van der Waals surface area contributed by atoms with E-state index in [1.54, 1.807) is 18.5 Å². The lowest BCUT2D eigenvalue weighted by atomic mass is 9.93. The molecule has 0 aliphatic carbocycles. The van der Waals surface area contributed by atoms with E-state index in [0.29, 0.717) is 37.5 Å². The fraction of sp³-hybridized carbons (Fsp3) is 0.500. The van der Waals surface area contributed by atoms with E-state index in [0.717, 1.165) is 43.0 Å². The van der Waals surface area contributed by atoms with E-state index < -0.39 is 0 Å². The van der Waals surface area contributed by atoms with Crippen LogP contribution in [0.2, 0.25) is 0 Å². The minimum Gasteiger partial charge on any atom is -0.357 e.